The number of amides is 1. The van der Waals surface area contributed by atoms with Crippen LogP contribution in [0.25, 0.3) is 22.6 Å². The quantitative estimate of drug-likeness (QED) is 0.341. The Labute approximate surface area is 195 Å². The number of thioether (sulfide) groups is 1. The van der Waals surface area contributed by atoms with Crippen LogP contribution in [-0.2, 0) is 4.79 Å². The molecule has 0 atom stereocenters. The van der Waals surface area contributed by atoms with E-state index in [0.717, 1.165) is 28.4 Å². The zero-order chi connectivity index (χ0) is 22.8. The first-order valence-corrected chi connectivity index (χ1v) is 12.1. The lowest BCUT2D eigenvalue weighted by molar-refractivity contribution is -0.113. The number of aryl methyl sites for hydroxylation is 3. The van der Waals surface area contributed by atoms with E-state index in [1.54, 1.807) is 6.26 Å². The largest absolute Gasteiger partial charge is 0.469 e. The van der Waals surface area contributed by atoms with Gasteiger partial charge in [0.05, 0.1) is 23.3 Å². The molecular weight excluding hydrogens is 442 g/mol. The lowest BCUT2D eigenvalue weighted by Gasteiger charge is -2.13. The number of aromatic nitrogens is 4. The third-order valence-corrected chi connectivity index (χ3v) is 6.87. The maximum absolute atomic E-state index is 12.6. The Morgan fingerprint density at radius 2 is 2.00 bits per heavy atom. The number of hydrogen-bond acceptors (Lipinski definition) is 7. The fourth-order valence-electron chi connectivity index (χ4n) is 3.29. The number of nitrogens with zero attached hydrogens (tertiary/aromatic N) is 4. The van der Waals surface area contributed by atoms with Gasteiger partial charge in [0.1, 0.15) is 5.76 Å². The van der Waals surface area contributed by atoms with Crippen molar-refractivity contribution in [3.63, 3.8) is 0 Å². The van der Waals surface area contributed by atoms with Crippen LogP contribution in [0.3, 0.4) is 0 Å². The average Bonchev–Trinajstić information content (AvgIpc) is 3.48. The van der Waals surface area contributed by atoms with Crippen molar-refractivity contribution in [2.45, 2.75) is 45.8 Å². The minimum Gasteiger partial charge on any atom is -0.469 e. The highest BCUT2D eigenvalue weighted by atomic mass is 32.2. The first-order valence-electron chi connectivity index (χ1n) is 10.3. The number of carbonyl (C=O) groups is 1. The molecule has 32 heavy (non-hydrogen) atoms. The van der Waals surface area contributed by atoms with Gasteiger partial charge in [-0.15, -0.1) is 21.5 Å². The number of furan rings is 1. The van der Waals surface area contributed by atoms with Gasteiger partial charge in [-0.1, -0.05) is 23.9 Å². The summed E-state index contributed by atoms with van der Waals surface area (Å²) in [5.41, 5.74) is 5.28. The van der Waals surface area contributed by atoms with Gasteiger partial charge in [-0.3, -0.25) is 9.36 Å². The van der Waals surface area contributed by atoms with Gasteiger partial charge < -0.3 is 9.73 Å². The molecule has 4 rings (SSSR count). The highest BCUT2D eigenvalue weighted by molar-refractivity contribution is 7.99. The van der Waals surface area contributed by atoms with E-state index >= 15 is 0 Å². The van der Waals surface area contributed by atoms with Crippen LogP contribution in [0.5, 0.6) is 0 Å². The fourth-order valence-corrected chi connectivity index (χ4v) is 4.89. The van der Waals surface area contributed by atoms with Crippen LogP contribution in [0.4, 0.5) is 5.13 Å². The predicted octanol–water partition coefficient (Wildman–Crippen LogP) is 5.90. The summed E-state index contributed by atoms with van der Waals surface area (Å²) < 4.78 is 7.44. The van der Waals surface area contributed by atoms with Crippen molar-refractivity contribution in [1.82, 2.24) is 19.7 Å². The zero-order valence-corrected chi connectivity index (χ0v) is 20.3. The number of benzene rings is 1. The van der Waals surface area contributed by atoms with Crippen LogP contribution in [0.15, 0.2) is 45.5 Å². The smallest absolute Gasteiger partial charge is 0.236 e. The van der Waals surface area contributed by atoms with E-state index < -0.39 is 0 Å². The molecule has 0 fully saturated rings. The van der Waals surface area contributed by atoms with Gasteiger partial charge in [-0.25, -0.2) is 4.98 Å². The number of thiazole rings is 1. The molecule has 7 nitrogen and oxygen atoms in total. The molecule has 0 unspecified atom stereocenters. The van der Waals surface area contributed by atoms with Crippen LogP contribution < -0.4 is 5.32 Å². The van der Waals surface area contributed by atoms with E-state index in [1.807, 2.05) is 22.9 Å². The van der Waals surface area contributed by atoms with Gasteiger partial charge >= 0.3 is 0 Å². The molecule has 0 aliphatic rings. The molecule has 4 aromatic rings. The summed E-state index contributed by atoms with van der Waals surface area (Å²) in [5, 5.41) is 14.8. The second-order valence-electron chi connectivity index (χ2n) is 7.83. The molecule has 0 aliphatic heterocycles. The molecule has 0 saturated carbocycles. The first kappa shape index (κ1) is 22.3. The Kier molecular flexibility index (Phi) is 6.48. The van der Waals surface area contributed by atoms with E-state index in [4.69, 9.17) is 4.42 Å². The molecule has 3 aromatic heterocycles. The summed E-state index contributed by atoms with van der Waals surface area (Å²) in [6.45, 7) is 10.2. The van der Waals surface area contributed by atoms with Gasteiger partial charge in [0.2, 0.25) is 5.91 Å². The van der Waals surface area contributed by atoms with E-state index in [1.165, 1.54) is 34.2 Å². The second-order valence-corrected chi connectivity index (χ2v) is 9.63. The Hall–Kier alpha value is -2.91. The molecule has 3 heterocycles. The van der Waals surface area contributed by atoms with Crippen molar-refractivity contribution in [3.05, 3.63) is 52.8 Å². The van der Waals surface area contributed by atoms with Crippen molar-refractivity contribution in [2.24, 2.45) is 0 Å². The van der Waals surface area contributed by atoms with Crippen LogP contribution in [0, 0.1) is 20.8 Å². The Morgan fingerprint density at radius 3 is 2.69 bits per heavy atom. The van der Waals surface area contributed by atoms with E-state index in [-0.39, 0.29) is 17.7 Å². The van der Waals surface area contributed by atoms with Crippen molar-refractivity contribution >= 4 is 34.1 Å². The standard InChI is InChI=1S/C23H25N5O2S2/c1-13(2)28-21(18-8-9-30-16(18)5)26-27-23(28)32-12-20(29)25-22-24-19(11-31-22)17-7-6-14(3)15(4)10-17/h6-11,13H,12H2,1-5H3,(H,24,25,29). The molecule has 0 saturated heterocycles. The molecule has 1 amide bonds. The van der Waals surface area contributed by atoms with Crippen molar-refractivity contribution < 1.29 is 9.21 Å². The first-order chi connectivity index (χ1) is 15.3. The van der Waals surface area contributed by atoms with Gasteiger partial charge in [-0.2, -0.15) is 0 Å². The minimum absolute atomic E-state index is 0.129. The summed E-state index contributed by atoms with van der Waals surface area (Å²) in [4.78, 5) is 17.1. The molecule has 0 aliphatic carbocycles. The SMILES string of the molecule is Cc1ccc(-c2csc(NC(=O)CSc3nnc(-c4ccoc4C)n3C(C)C)n2)cc1C. The second kappa shape index (κ2) is 9.30. The maximum atomic E-state index is 12.6. The summed E-state index contributed by atoms with van der Waals surface area (Å²) in [6, 6.07) is 8.28. The number of rotatable bonds is 7. The molecule has 0 spiro atoms. The van der Waals surface area contributed by atoms with Gasteiger partial charge in [0.15, 0.2) is 16.1 Å². The molecule has 166 valence electrons. The summed E-state index contributed by atoms with van der Waals surface area (Å²) in [5.74, 6) is 1.62. The minimum atomic E-state index is -0.129. The molecule has 9 heteroatoms. The normalized spacial score (nSPS) is 11.3. The number of hydrogen-bond donors (Lipinski definition) is 1. The highest BCUT2D eigenvalue weighted by Crippen LogP contribution is 2.30. The van der Waals surface area contributed by atoms with Crippen molar-refractivity contribution in [2.75, 3.05) is 11.1 Å². The maximum Gasteiger partial charge on any atom is 0.236 e. The Balaban J connectivity index is 1.43. The Bertz CT molecular complexity index is 1260. The number of nitrogens with one attached hydrogen (secondary N) is 1. The molecule has 0 radical (unpaired) electrons. The fraction of sp³-hybridized carbons (Fsp3) is 0.304. The van der Waals surface area contributed by atoms with Gasteiger partial charge in [-0.05, 0) is 57.9 Å². The zero-order valence-electron chi connectivity index (χ0n) is 18.7. The predicted molar refractivity (Wildman–Crippen MR) is 129 cm³/mol. The molecule has 0 bridgehead atoms. The topological polar surface area (TPSA) is 85.8 Å². The lowest BCUT2D eigenvalue weighted by atomic mass is 10.1. The summed E-state index contributed by atoms with van der Waals surface area (Å²) >= 11 is 2.78. The van der Waals surface area contributed by atoms with Crippen molar-refractivity contribution in [3.8, 4) is 22.6 Å². The summed E-state index contributed by atoms with van der Waals surface area (Å²) in [6.07, 6.45) is 1.64. The van der Waals surface area contributed by atoms with E-state index in [0.29, 0.717) is 10.3 Å². The van der Waals surface area contributed by atoms with Crippen LogP contribution in [0.2, 0.25) is 0 Å². The lowest BCUT2D eigenvalue weighted by Crippen LogP contribution is -2.15. The van der Waals surface area contributed by atoms with E-state index in [2.05, 4.69) is 66.4 Å². The third kappa shape index (κ3) is 4.63. The summed E-state index contributed by atoms with van der Waals surface area (Å²) in [7, 11) is 0. The highest BCUT2D eigenvalue weighted by Gasteiger charge is 2.20. The average molecular weight is 468 g/mol. The molecule has 1 aromatic carbocycles. The van der Waals surface area contributed by atoms with Crippen LogP contribution >= 0.6 is 23.1 Å². The van der Waals surface area contributed by atoms with E-state index in [9.17, 15) is 4.79 Å². The number of anilines is 1. The van der Waals surface area contributed by atoms with Crippen molar-refractivity contribution in [1.29, 1.82) is 0 Å². The van der Waals surface area contributed by atoms with Crippen LogP contribution in [0.1, 0.15) is 36.8 Å². The molecule has 1 N–H and O–H groups in total. The number of carbonyl (C=O) groups excluding carboxylic acids is 1. The third-order valence-electron chi connectivity index (χ3n) is 5.17. The van der Waals surface area contributed by atoms with Gasteiger partial charge in [0, 0.05) is 17.0 Å². The molecular formula is C23H25N5O2S2. The van der Waals surface area contributed by atoms with Gasteiger partial charge in [0.25, 0.3) is 0 Å². The van der Waals surface area contributed by atoms with Crippen LogP contribution in [-0.4, -0.2) is 31.4 Å². The Morgan fingerprint density at radius 1 is 1.19 bits per heavy atom. The monoisotopic (exact) mass is 467 g/mol.